The van der Waals surface area contributed by atoms with E-state index in [0.29, 0.717) is 10.5 Å². The van der Waals surface area contributed by atoms with Crippen LogP contribution in [0.15, 0.2) is 27.6 Å². The summed E-state index contributed by atoms with van der Waals surface area (Å²) in [7, 11) is 0. The molecule has 1 aromatic rings. The van der Waals surface area contributed by atoms with Crippen molar-refractivity contribution in [3.05, 3.63) is 28.2 Å². The van der Waals surface area contributed by atoms with E-state index in [-0.39, 0.29) is 11.4 Å². The van der Waals surface area contributed by atoms with Crippen molar-refractivity contribution in [2.45, 2.75) is 44.0 Å². The first-order valence-electron chi connectivity index (χ1n) is 5.67. The van der Waals surface area contributed by atoms with Gasteiger partial charge < -0.3 is 5.32 Å². The molecule has 0 bridgehead atoms. The number of thiol groups is 1. The van der Waals surface area contributed by atoms with Crippen LogP contribution >= 0.6 is 28.6 Å². The minimum Gasteiger partial charge on any atom is -0.347 e. The highest BCUT2D eigenvalue weighted by molar-refractivity contribution is 9.10. The number of hydrogen-bond donors (Lipinski definition) is 2. The first-order chi connectivity index (χ1) is 7.85. The zero-order valence-electron chi connectivity index (χ0n) is 10.4. The number of hydrogen-bond acceptors (Lipinski definition) is 2. The zero-order valence-corrected chi connectivity index (χ0v) is 12.9. The molecule has 0 atom stereocenters. The quantitative estimate of drug-likeness (QED) is 0.806. The Morgan fingerprint density at radius 1 is 1.47 bits per heavy atom. The fourth-order valence-electron chi connectivity index (χ4n) is 1.76. The third kappa shape index (κ3) is 4.36. The summed E-state index contributed by atoms with van der Waals surface area (Å²) in [6.07, 6.45) is 2.00. The van der Waals surface area contributed by atoms with Crippen LogP contribution < -0.4 is 5.32 Å². The first-order valence-corrected chi connectivity index (χ1v) is 6.91. The van der Waals surface area contributed by atoms with Crippen LogP contribution in [0.4, 0.5) is 0 Å². The van der Waals surface area contributed by atoms with Crippen LogP contribution in [-0.4, -0.2) is 11.4 Å². The molecular formula is C13H18BrNOS. The molecule has 0 spiro atoms. The molecule has 0 fully saturated rings. The number of nitrogens with one attached hydrogen (secondary N) is 1. The predicted octanol–water partition coefficient (Wildman–Crippen LogP) is 4.05. The van der Waals surface area contributed by atoms with E-state index in [1.807, 2.05) is 26.0 Å². The lowest BCUT2D eigenvalue weighted by Gasteiger charge is -2.26. The van der Waals surface area contributed by atoms with Gasteiger partial charge in [-0.25, -0.2) is 0 Å². The Bertz CT molecular complexity index is 418. The van der Waals surface area contributed by atoms with Crippen molar-refractivity contribution in [2.24, 2.45) is 0 Å². The van der Waals surface area contributed by atoms with E-state index >= 15 is 0 Å². The van der Waals surface area contributed by atoms with Gasteiger partial charge in [-0.1, -0.05) is 29.3 Å². The molecule has 1 rings (SSSR count). The van der Waals surface area contributed by atoms with Crippen LogP contribution in [0.25, 0.3) is 0 Å². The maximum absolute atomic E-state index is 12.1. The summed E-state index contributed by atoms with van der Waals surface area (Å²) in [6.45, 7) is 6.18. The van der Waals surface area contributed by atoms with Crippen molar-refractivity contribution in [2.75, 3.05) is 0 Å². The molecule has 0 aliphatic carbocycles. The number of rotatable bonds is 4. The standard InChI is InChI=1S/C13H18BrNOS/c1-4-7-13(2,3)15-12(16)10-6-5-9(14)8-11(10)17/h5-6,8,17H,4,7H2,1-3H3,(H,15,16). The van der Waals surface area contributed by atoms with Gasteiger partial charge in [0.15, 0.2) is 0 Å². The lowest BCUT2D eigenvalue weighted by atomic mass is 9.98. The number of halogens is 1. The van der Waals surface area contributed by atoms with Crippen LogP contribution in [-0.2, 0) is 0 Å². The second-order valence-corrected chi connectivity index (χ2v) is 6.15. The molecule has 0 radical (unpaired) electrons. The van der Waals surface area contributed by atoms with Gasteiger partial charge >= 0.3 is 0 Å². The van der Waals surface area contributed by atoms with E-state index in [1.54, 1.807) is 6.07 Å². The van der Waals surface area contributed by atoms with Gasteiger partial charge in [-0.3, -0.25) is 4.79 Å². The maximum Gasteiger partial charge on any atom is 0.252 e. The molecule has 17 heavy (non-hydrogen) atoms. The Balaban J connectivity index is 2.83. The van der Waals surface area contributed by atoms with E-state index in [0.717, 1.165) is 17.3 Å². The topological polar surface area (TPSA) is 29.1 Å². The summed E-state index contributed by atoms with van der Waals surface area (Å²) < 4.78 is 0.923. The highest BCUT2D eigenvalue weighted by Crippen LogP contribution is 2.21. The van der Waals surface area contributed by atoms with Crippen LogP contribution in [0, 0.1) is 0 Å². The first kappa shape index (κ1) is 14.6. The van der Waals surface area contributed by atoms with Crippen molar-refractivity contribution in [3.8, 4) is 0 Å². The van der Waals surface area contributed by atoms with Gasteiger partial charge in [0.05, 0.1) is 5.56 Å². The van der Waals surface area contributed by atoms with Crippen LogP contribution in [0.2, 0.25) is 0 Å². The van der Waals surface area contributed by atoms with E-state index in [4.69, 9.17) is 0 Å². The van der Waals surface area contributed by atoms with Crippen molar-refractivity contribution in [3.63, 3.8) is 0 Å². The predicted molar refractivity (Wildman–Crippen MR) is 77.8 cm³/mol. The van der Waals surface area contributed by atoms with E-state index in [1.165, 1.54) is 0 Å². The molecule has 0 heterocycles. The normalized spacial score (nSPS) is 11.4. The van der Waals surface area contributed by atoms with Crippen molar-refractivity contribution in [1.29, 1.82) is 0 Å². The number of amides is 1. The second kappa shape index (κ2) is 5.91. The summed E-state index contributed by atoms with van der Waals surface area (Å²) >= 11 is 7.67. The molecule has 4 heteroatoms. The fourth-order valence-corrected chi connectivity index (χ4v) is 2.61. The van der Waals surface area contributed by atoms with Gasteiger partial charge in [-0.2, -0.15) is 0 Å². The Hall–Kier alpha value is -0.480. The highest BCUT2D eigenvalue weighted by atomic mass is 79.9. The SMILES string of the molecule is CCCC(C)(C)NC(=O)c1ccc(Br)cc1S. The molecule has 1 amide bonds. The number of carbonyl (C=O) groups is 1. The molecular weight excluding hydrogens is 298 g/mol. The van der Waals surface area contributed by atoms with E-state index in [2.05, 4.69) is 40.8 Å². The van der Waals surface area contributed by atoms with Gasteiger partial charge in [0.2, 0.25) is 0 Å². The van der Waals surface area contributed by atoms with E-state index in [9.17, 15) is 4.79 Å². The lowest BCUT2D eigenvalue weighted by Crippen LogP contribution is -2.43. The van der Waals surface area contributed by atoms with E-state index < -0.39 is 0 Å². The Morgan fingerprint density at radius 3 is 2.65 bits per heavy atom. The third-order valence-corrected chi connectivity index (χ3v) is 3.39. The van der Waals surface area contributed by atoms with Crippen LogP contribution in [0.1, 0.15) is 44.0 Å². The molecule has 0 saturated carbocycles. The van der Waals surface area contributed by atoms with Crippen molar-refractivity contribution < 1.29 is 4.79 Å². The summed E-state index contributed by atoms with van der Waals surface area (Å²) in [4.78, 5) is 12.8. The fraction of sp³-hybridized carbons (Fsp3) is 0.462. The minimum atomic E-state index is -0.181. The van der Waals surface area contributed by atoms with Gasteiger partial charge in [0, 0.05) is 14.9 Å². The average molecular weight is 316 g/mol. The van der Waals surface area contributed by atoms with Crippen LogP contribution in [0.3, 0.4) is 0 Å². The Kier molecular flexibility index (Phi) is 5.07. The third-order valence-electron chi connectivity index (χ3n) is 2.53. The van der Waals surface area contributed by atoms with Gasteiger partial charge in [-0.05, 0) is 38.5 Å². The number of benzene rings is 1. The summed E-state index contributed by atoms with van der Waals surface area (Å²) in [5.41, 5.74) is 0.430. The summed E-state index contributed by atoms with van der Waals surface area (Å²) in [5.74, 6) is -0.0686. The molecule has 1 aromatic carbocycles. The Labute approximate surface area is 117 Å². The Morgan fingerprint density at radius 2 is 2.12 bits per heavy atom. The average Bonchev–Trinajstić information content (AvgIpc) is 2.15. The summed E-state index contributed by atoms with van der Waals surface area (Å²) in [6, 6.07) is 5.45. The smallest absolute Gasteiger partial charge is 0.252 e. The monoisotopic (exact) mass is 315 g/mol. The zero-order chi connectivity index (χ0) is 13.1. The molecule has 0 aliphatic rings. The van der Waals surface area contributed by atoms with Crippen molar-refractivity contribution >= 4 is 34.5 Å². The molecule has 2 nitrogen and oxygen atoms in total. The molecule has 0 aliphatic heterocycles. The lowest BCUT2D eigenvalue weighted by molar-refractivity contribution is 0.0906. The number of carbonyl (C=O) groups excluding carboxylic acids is 1. The molecule has 0 aromatic heterocycles. The maximum atomic E-state index is 12.1. The second-order valence-electron chi connectivity index (χ2n) is 4.75. The summed E-state index contributed by atoms with van der Waals surface area (Å²) in [5, 5.41) is 3.03. The largest absolute Gasteiger partial charge is 0.347 e. The molecule has 0 unspecified atom stereocenters. The van der Waals surface area contributed by atoms with Gasteiger partial charge in [-0.15, -0.1) is 12.6 Å². The van der Waals surface area contributed by atoms with Crippen LogP contribution in [0.5, 0.6) is 0 Å². The minimum absolute atomic E-state index is 0.0686. The van der Waals surface area contributed by atoms with Gasteiger partial charge in [0.1, 0.15) is 0 Å². The molecule has 1 N–H and O–H groups in total. The van der Waals surface area contributed by atoms with Gasteiger partial charge in [0.25, 0.3) is 5.91 Å². The highest BCUT2D eigenvalue weighted by Gasteiger charge is 2.21. The molecule has 0 saturated heterocycles. The van der Waals surface area contributed by atoms with Crippen molar-refractivity contribution in [1.82, 2.24) is 5.32 Å². The molecule has 94 valence electrons.